The van der Waals surface area contributed by atoms with E-state index >= 15 is 0 Å². The second-order valence-electron chi connectivity index (χ2n) is 7.04. The summed E-state index contributed by atoms with van der Waals surface area (Å²) in [6.07, 6.45) is 5.61. The lowest BCUT2D eigenvalue weighted by atomic mass is 10.2. The Morgan fingerprint density at radius 1 is 1.32 bits per heavy atom. The average molecular weight is 439 g/mol. The number of amides is 1. The van der Waals surface area contributed by atoms with Crippen LogP contribution in [0.25, 0.3) is 6.08 Å². The summed E-state index contributed by atoms with van der Waals surface area (Å²) in [6, 6.07) is 9.65. The minimum absolute atomic E-state index is 0.0871. The van der Waals surface area contributed by atoms with Gasteiger partial charge >= 0.3 is 0 Å². The highest BCUT2D eigenvalue weighted by molar-refractivity contribution is 8.17. The van der Waals surface area contributed by atoms with E-state index in [9.17, 15) is 9.59 Å². The largest absolute Gasteiger partial charge is 0.384 e. The number of anilines is 1. The summed E-state index contributed by atoms with van der Waals surface area (Å²) in [5, 5.41) is 2.98. The first kappa shape index (κ1) is 22.7. The minimum Gasteiger partial charge on any atom is -0.384 e. The molecule has 1 aromatic carbocycles. The minimum atomic E-state index is -0.103. The third kappa shape index (κ3) is 6.26. The molecule has 0 bridgehead atoms. The molecule has 0 radical (unpaired) electrons. The first-order valence-electron chi connectivity index (χ1n) is 9.98. The van der Waals surface area contributed by atoms with Gasteiger partial charge in [-0.2, -0.15) is 0 Å². The molecular formula is C23H26N4O3S. The van der Waals surface area contributed by atoms with Crippen LogP contribution in [0.15, 0.2) is 53.2 Å². The second kappa shape index (κ2) is 10.9. The van der Waals surface area contributed by atoms with Crippen LogP contribution in [-0.2, 0) is 20.9 Å². The summed E-state index contributed by atoms with van der Waals surface area (Å²) in [4.78, 5) is 36.6. The number of allylic oxidation sites excluding steroid dienone is 1. The summed E-state index contributed by atoms with van der Waals surface area (Å²) < 4.78 is 5.23. The molecule has 0 fully saturated rings. The number of hydrogen-bond acceptors (Lipinski definition) is 7. The Morgan fingerprint density at radius 2 is 2.10 bits per heavy atom. The molecule has 0 saturated heterocycles. The van der Waals surface area contributed by atoms with Crippen LogP contribution in [0.3, 0.4) is 0 Å². The average Bonchev–Trinajstić information content (AvgIpc) is 2.94. The van der Waals surface area contributed by atoms with Gasteiger partial charge in [0.15, 0.2) is 0 Å². The number of aryl methyl sites for hydroxylation is 1. The van der Waals surface area contributed by atoms with Gasteiger partial charge in [-0.05, 0) is 37.2 Å². The topological polar surface area (TPSA) is 84.4 Å². The van der Waals surface area contributed by atoms with Gasteiger partial charge in [0.05, 0.1) is 19.7 Å². The molecular weight excluding hydrogens is 412 g/mol. The van der Waals surface area contributed by atoms with Gasteiger partial charge < -0.3 is 15.0 Å². The second-order valence-corrected chi connectivity index (χ2v) is 8.14. The highest BCUT2D eigenvalue weighted by Gasteiger charge is 2.25. The number of methoxy groups -OCH3 is 1. The monoisotopic (exact) mass is 438 g/mol. The predicted octanol–water partition coefficient (Wildman–Crippen LogP) is 3.78. The van der Waals surface area contributed by atoms with Crippen LogP contribution in [-0.4, -0.2) is 46.2 Å². The molecule has 3 rings (SSSR count). The maximum atomic E-state index is 12.8. The molecule has 0 aliphatic carbocycles. The van der Waals surface area contributed by atoms with Crippen molar-refractivity contribution < 1.29 is 14.3 Å². The summed E-state index contributed by atoms with van der Waals surface area (Å²) in [6.45, 7) is 4.60. The van der Waals surface area contributed by atoms with E-state index in [0.29, 0.717) is 31.2 Å². The van der Waals surface area contributed by atoms with Gasteiger partial charge in [-0.3, -0.25) is 9.59 Å². The lowest BCUT2D eigenvalue weighted by Gasteiger charge is -2.24. The van der Waals surface area contributed by atoms with Gasteiger partial charge in [-0.15, -0.1) is 0 Å². The van der Waals surface area contributed by atoms with Gasteiger partial charge in [0, 0.05) is 35.9 Å². The first-order chi connectivity index (χ1) is 15.0. The van der Waals surface area contributed by atoms with Crippen LogP contribution in [0.1, 0.15) is 30.3 Å². The molecule has 1 aliphatic heterocycles. The number of benzene rings is 1. The fourth-order valence-electron chi connectivity index (χ4n) is 3.12. The lowest BCUT2D eigenvalue weighted by molar-refractivity contribution is -0.127. The Balaban J connectivity index is 1.83. The maximum Gasteiger partial charge on any atom is 0.246 e. The summed E-state index contributed by atoms with van der Waals surface area (Å²) in [5.74, 6) is 1.23. The van der Waals surface area contributed by atoms with E-state index in [1.54, 1.807) is 30.4 Å². The molecule has 1 aliphatic rings. The van der Waals surface area contributed by atoms with Crippen molar-refractivity contribution in [2.24, 2.45) is 0 Å². The van der Waals surface area contributed by atoms with Crippen molar-refractivity contribution in [2.75, 3.05) is 25.6 Å². The molecule has 0 spiro atoms. The van der Waals surface area contributed by atoms with E-state index in [1.165, 1.54) is 0 Å². The molecule has 162 valence electrons. The number of hydrogen-bond donors (Lipinski definition) is 1. The normalized spacial score (nSPS) is 14.7. The molecule has 31 heavy (non-hydrogen) atoms. The van der Waals surface area contributed by atoms with Crippen LogP contribution >= 0.6 is 11.8 Å². The molecule has 1 aromatic heterocycles. The van der Waals surface area contributed by atoms with Crippen molar-refractivity contribution in [1.29, 1.82) is 0 Å². The SMILES string of the molecule is COCC/C(SC(=O)/C=C/c1ccccc1)=C(\C)N1Cc2cnc(C)nc2NCC1=O. The van der Waals surface area contributed by atoms with Crippen LogP contribution in [0.4, 0.5) is 5.82 Å². The van der Waals surface area contributed by atoms with Crippen LogP contribution in [0.2, 0.25) is 0 Å². The smallest absolute Gasteiger partial charge is 0.246 e. The highest BCUT2D eigenvalue weighted by atomic mass is 32.2. The highest BCUT2D eigenvalue weighted by Crippen LogP contribution is 2.30. The van der Waals surface area contributed by atoms with E-state index in [4.69, 9.17) is 4.74 Å². The molecule has 8 heteroatoms. The van der Waals surface area contributed by atoms with Crippen LogP contribution in [0.5, 0.6) is 0 Å². The van der Waals surface area contributed by atoms with Crippen molar-refractivity contribution >= 4 is 34.7 Å². The van der Waals surface area contributed by atoms with Crippen molar-refractivity contribution in [2.45, 2.75) is 26.8 Å². The predicted molar refractivity (Wildman–Crippen MR) is 123 cm³/mol. The molecule has 2 heterocycles. The van der Waals surface area contributed by atoms with Crippen molar-refractivity contribution in [3.05, 3.63) is 70.2 Å². The zero-order valence-electron chi connectivity index (χ0n) is 17.9. The molecule has 0 unspecified atom stereocenters. The Bertz CT molecular complexity index is 1010. The van der Waals surface area contributed by atoms with Crippen LogP contribution in [0, 0.1) is 6.92 Å². The Morgan fingerprint density at radius 3 is 2.84 bits per heavy atom. The molecule has 2 aromatic rings. The van der Waals surface area contributed by atoms with Gasteiger partial charge in [-0.1, -0.05) is 36.4 Å². The lowest BCUT2D eigenvalue weighted by Crippen LogP contribution is -2.32. The number of rotatable bonds is 7. The van der Waals surface area contributed by atoms with Crippen molar-refractivity contribution in [1.82, 2.24) is 14.9 Å². The number of nitrogens with one attached hydrogen (secondary N) is 1. The number of ether oxygens (including phenoxy) is 1. The van der Waals surface area contributed by atoms with E-state index in [2.05, 4.69) is 15.3 Å². The molecule has 0 saturated carbocycles. The maximum absolute atomic E-state index is 12.8. The number of thioether (sulfide) groups is 1. The van der Waals surface area contributed by atoms with Gasteiger partial charge in [-0.25, -0.2) is 9.97 Å². The molecule has 1 amide bonds. The molecule has 0 atom stereocenters. The van der Waals surface area contributed by atoms with Gasteiger partial charge in [0.1, 0.15) is 11.6 Å². The van der Waals surface area contributed by atoms with Crippen LogP contribution < -0.4 is 5.32 Å². The van der Waals surface area contributed by atoms with E-state index in [1.807, 2.05) is 44.2 Å². The quantitative estimate of drug-likeness (QED) is 0.659. The number of carbonyl (C=O) groups is 2. The van der Waals surface area contributed by atoms with E-state index in [0.717, 1.165) is 33.5 Å². The summed E-state index contributed by atoms with van der Waals surface area (Å²) >= 11 is 1.13. The fourth-order valence-corrected chi connectivity index (χ4v) is 3.94. The summed E-state index contributed by atoms with van der Waals surface area (Å²) in [7, 11) is 1.62. The first-order valence-corrected chi connectivity index (χ1v) is 10.8. The Kier molecular flexibility index (Phi) is 7.97. The molecule has 7 nitrogen and oxygen atoms in total. The van der Waals surface area contributed by atoms with Crippen molar-refractivity contribution in [3.63, 3.8) is 0 Å². The Labute approximate surface area is 186 Å². The number of carbonyl (C=O) groups excluding carboxylic acids is 2. The molecule has 1 N–H and O–H groups in total. The Hall–Kier alpha value is -2.97. The van der Waals surface area contributed by atoms with E-state index < -0.39 is 0 Å². The zero-order valence-corrected chi connectivity index (χ0v) is 18.7. The van der Waals surface area contributed by atoms with E-state index in [-0.39, 0.29) is 17.6 Å². The van der Waals surface area contributed by atoms with Gasteiger partial charge in [0.25, 0.3) is 0 Å². The standard InChI is InChI=1S/C23H26N4O3S/c1-16(27-15-19-13-24-17(2)26-23(19)25-14-21(27)28)20(11-12-30-3)31-22(29)10-9-18-7-5-4-6-8-18/h4-10,13H,11-12,14-15H2,1-3H3,(H,24,25,26)/b10-9+,20-16-. The van der Waals surface area contributed by atoms with Crippen molar-refractivity contribution in [3.8, 4) is 0 Å². The number of aromatic nitrogens is 2. The third-order valence-corrected chi connectivity index (χ3v) is 5.88. The number of nitrogens with zero attached hydrogens (tertiary/aromatic N) is 3. The summed E-state index contributed by atoms with van der Waals surface area (Å²) in [5.41, 5.74) is 2.53. The zero-order chi connectivity index (χ0) is 22.2. The van der Waals surface area contributed by atoms with Gasteiger partial charge in [0.2, 0.25) is 11.0 Å². The third-order valence-electron chi connectivity index (χ3n) is 4.80. The fraction of sp³-hybridized carbons (Fsp3) is 0.304. The number of fused-ring (bicyclic) bond motifs is 1.